The van der Waals surface area contributed by atoms with Crippen molar-refractivity contribution in [3.63, 3.8) is 0 Å². The first-order valence-corrected chi connectivity index (χ1v) is 9.75. The number of rotatable bonds is 7. The van der Waals surface area contributed by atoms with Crippen molar-refractivity contribution in [2.24, 2.45) is 0 Å². The highest BCUT2D eigenvalue weighted by molar-refractivity contribution is 7.14. The van der Waals surface area contributed by atoms with E-state index in [1.807, 2.05) is 30.3 Å². The third kappa shape index (κ3) is 5.39. The third-order valence-corrected chi connectivity index (χ3v) is 4.92. The van der Waals surface area contributed by atoms with Crippen molar-refractivity contribution in [3.05, 3.63) is 65.3 Å². The summed E-state index contributed by atoms with van der Waals surface area (Å²) in [7, 11) is 1.40. The van der Waals surface area contributed by atoms with Crippen molar-refractivity contribution in [1.82, 2.24) is 10.3 Å². The van der Waals surface area contributed by atoms with Gasteiger partial charge in [-0.2, -0.15) is 0 Å². The van der Waals surface area contributed by atoms with Crippen molar-refractivity contribution in [1.29, 1.82) is 0 Å². The minimum Gasteiger partial charge on any atom is -0.494 e. The molecular formula is C21H20FN3O3S. The van der Waals surface area contributed by atoms with E-state index >= 15 is 0 Å². The smallest absolute Gasteiger partial charge is 0.228 e. The summed E-state index contributed by atoms with van der Waals surface area (Å²) in [5.74, 6) is -0.828. The van der Waals surface area contributed by atoms with Gasteiger partial charge in [-0.1, -0.05) is 30.3 Å². The number of nitrogens with one attached hydrogen (secondary N) is 2. The number of anilines is 1. The molecule has 2 aromatic carbocycles. The van der Waals surface area contributed by atoms with Gasteiger partial charge in [0.1, 0.15) is 0 Å². The minimum atomic E-state index is -0.482. The molecule has 3 rings (SSSR count). The standard InChI is InChI=1S/C21H20FN3O3S/c1-13(26)23-17(14-6-4-3-5-7-14)11-20(27)25-21-24-18(12-29-21)15-8-9-19(28-2)16(22)10-15/h3-10,12,17H,11H2,1-2H3,(H,23,26)(H,24,25,27). The van der Waals surface area contributed by atoms with Crippen LogP contribution in [0.1, 0.15) is 24.9 Å². The highest BCUT2D eigenvalue weighted by Crippen LogP contribution is 2.28. The molecule has 1 heterocycles. The number of aromatic nitrogens is 1. The van der Waals surface area contributed by atoms with Gasteiger partial charge in [-0.05, 0) is 23.8 Å². The Morgan fingerprint density at radius 2 is 1.97 bits per heavy atom. The second-order valence-corrected chi connectivity index (χ2v) is 7.16. The van der Waals surface area contributed by atoms with Gasteiger partial charge in [0.25, 0.3) is 0 Å². The number of ether oxygens (including phenoxy) is 1. The lowest BCUT2D eigenvalue weighted by Gasteiger charge is -2.17. The van der Waals surface area contributed by atoms with Gasteiger partial charge in [-0.15, -0.1) is 11.3 Å². The molecule has 0 saturated carbocycles. The first kappa shape index (κ1) is 20.5. The Hall–Kier alpha value is -3.26. The van der Waals surface area contributed by atoms with Crippen molar-refractivity contribution < 1.29 is 18.7 Å². The Bertz CT molecular complexity index is 1010. The maximum Gasteiger partial charge on any atom is 0.228 e. The van der Waals surface area contributed by atoms with Crippen LogP contribution in [0.3, 0.4) is 0 Å². The van der Waals surface area contributed by atoms with Gasteiger partial charge in [0, 0.05) is 17.9 Å². The van der Waals surface area contributed by atoms with Gasteiger partial charge in [0.05, 0.1) is 25.3 Å². The van der Waals surface area contributed by atoms with Crippen LogP contribution in [-0.2, 0) is 9.59 Å². The quantitative estimate of drug-likeness (QED) is 0.609. The first-order chi connectivity index (χ1) is 14.0. The largest absolute Gasteiger partial charge is 0.494 e. The van der Waals surface area contributed by atoms with Crippen molar-refractivity contribution in [3.8, 4) is 17.0 Å². The van der Waals surface area contributed by atoms with E-state index in [4.69, 9.17) is 4.74 Å². The molecular weight excluding hydrogens is 393 g/mol. The summed E-state index contributed by atoms with van der Waals surface area (Å²) >= 11 is 1.24. The summed E-state index contributed by atoms with van der Waals surface area (Å²) in [6, 6.07) is 13.4. The number of nitrogens with zero attached hydrogens (tertiary/aromatic N) is 1. The van der Waals surface area contributed by atoms with Crippen LogP contribution in [0.15, 0.2) is 53.9 Å². The molecule has 2 N–H and O–H groups in total. The number of thiazole rings is 1. The van der Waals surface area contributed by atoms with Crippen LogP contribution >= 0.6 is 11.3 Å². The lowest BCUT2D eigenvalue weighted by atomic mass is 10.0. The maximum atomic E-state index is 13.9. The average Bonchev–Trinajstić information content (AvgIpc) is 3.16. The molecule has 0 aliphatic carbocycles. The molecule has 1 unspecified atom stereocenters. The second-order valence-electron chi connectivity index (χ2n) is 6.30. The van der Waals surface area contributed by atoms with Crippen molar-refractivity contribution in [2.75, 3.05) is 12.4 Å². The zero-order chi connectivity index (χ0) is 20.8. The Labute approximate surface area is 171 Å². The number of benzene rings is 2. The fraction of sp³-hybridized carbons (Fsp3) is 0.190. The van der Waals surface area contributed by atoms with Crippen LogP contribution in [0.5, 0.6) is 5.75 Å². The summed E-state index contributed by atoms with van der Waals surface area (Å²) < 4.78 is 18.8. The van der Waals surface area contributed by atoms with Gasteiger partial charge < -0.3 is 15.4 Å². The SMILES string of the molecule is COc1ccc(-c2csc(NC(=O)CC(NC(C)=O)c3ccccc3)n2)cc1F. The molecule has 1 aromatic heterocycles. The van der Waals surface area contributed by atoms with Crippen molar-refractivity contribution in [2.45, 2.75) is 19.4 Å². The van der Waals surface area contributed by atoms with Gasteiger partial charge >= 0.3 is 0 Å². The van der Waals surface area contributed by atoms with Crippen LogP contribution in [0.25, 0.3) is 11.3 Å². The highest BCUT2D eigenvalue weighted by atomic mass is 32.1. The van der Waals surface area contributed by atoms with E-state index in [-0.39, 0.29) is 24.0 Å². The highest BCUT2D eigenvalue weighted by Gasteiger charge is 2.18. The number of carbonyl (C=O) groups is 2. The lowest BCUT2D eigenvalue weighted by molar-refractivity contribution is -0.120. The molecule has 8 heteroatoms. The van der Waals surface area contributed by atoms with Gasteiger partial charge in [0.15, 0.2) is 16.7 Å². The third-order valence-electron chi connectivity index (χ3n) is 4.17. The predicted octanol–water partition coefficient (Wildman–Crippen LogP) is 4.16. The van der Waals surface area contributed by atoms with Crippen LogP contribution < -0.4 is 15.4 Å². The monoisotopic (exact) mass is 413 g/mol. The first-order valence-electron chi connectivity index (χ1n) is 8.87. The fourth-order valence-corrected chi connectivity index (χ4v) is 3.56. The van der Waals surface area contributed by atoms with E-state index in [0.717, 1.165) is 5.56 Å². The number of halogens is 1. The molecule has 3 aromatic rings. The molecule has 1 atom stereocenters. The summed E-state index contributed by atoms with van der Waals surface area (Å²) in [6.45, 7) is 1.41. The van der Waals surface area contributed by atoms with Gasteiger partial charge in [-0.3, -0.25) is 9.59 Å². The Morgan fingerprint density at radius 1 is 1.21 bits per heavy atom. The van der Waals surface area contributed by atoms with Crippen LogP contribution in [0, 0.1) is 5.82 Å². The lowest BCUT2D eigenvalue weighted by Crippen LogP contribution is -2.29. The molecule has 0 saturated heterocycles. The molecule has 0 bridgehead atoms. The molecule has 2 amide bonds. The number of carbonyl (C=O) groups excluding carboxylic acids is 2. The normalized spacial score (nSPS) is 11.6. The molecule has 0 spiro atoms. The van der Waals surface area contributed by atoms with Crippen LogP contribution in [0.4, 0.5) is 9.52 Å². The van der Waals surface area contributed by atoms with E-state index in [0.29, 0.717) is 16.4 Å². The summed E-state index contributed by atoms with van der Waals surface area (Å²) in [5.41, 5.74) is 1.97. The van der Waals surface area contributed by atoms with Crippen LogP contribution in [0.2, 0.25) is 0 Å². The molecule has 0 fully saturated rings. The molecule has 6 nitrogen and oxygen atoms in total. The Morgan fingerprint density at radius 3 is 2.62 bits per heavy atom. The maximum absolute atomic E-state index is 13.9. The Kier molecular flexibility index (Phi) is 6.56. The number of amides is 2. The number of methoxy groups -OCH3 is 1. The summed E-state index contributed by atoms with van der Waals surface area (Å²) in [6.07, 6.45) is 0.0651. The second kappa shape index (κ2) is 9.29. The minimum absolute atomic E-state index is 0.0651. The average molecular weight is 413 g/mol. The summed E-state index contributed by atoms with van der Waals surface area (Å²) in [5, 5.41) is 7.67. The topological polar surface area (TPSA) is 80.3 Å². The van der Waals surface area contributed by atoms with E-state index in [1.54, 1.807) is 11.4 Å². The summed E-state index contributed by atoms with van der Waals surface area (Å²) in [4.78, 5) is 28.3. The molecule has 29 heavy (non-hydrogen) atoms. The molecule has 0 aliphatic heterocycles. The number of hydrogen-bond acceptors (Lipinski definition) is 5. The van der Waals surface area contributed by atoms with Crippen molar-refractivity contribution >= 4 is 28.3 Å². The zero-order valence-electron chi connectivity index (χ0n) is 15.9. The van der Waals surface area contributed by atoms with E-state index in [1.165, 1.54) is 37.5 Å². The van der Waals surface area contributed by atoms with E-state index < -0.39 is 11.9 Å². The number of hydrogen-bond donors (Lipinski definition) is 2. The predicted molar refractivity (Wildman–Crippen MR) is 110 cm³/mol. The molecule has 0 radical (unpaired) electrons. The van der Waals surface area contributed by atoms with Gasteiger partial charge in [0.2, 0.25) is 11.8 Å². The van der Waals surface area contributed by atoms with Gasteiger partial charge in [-0.25, -0.2) is 9.37 Å². The molecule has 0 aliphatic rings. The van der Waals surface area contributed by atoms with Crippen LogP contribution in [-0.4, -0.2) is 23.9 Å². The molecule has 150 valence electrons. The fourth-order valence-electron chi connectivity index (χ4n) is 2.83. The zero-order valence-corrected chi connectivity index (χ0v) is 16.8. The van der Waals surface area contributed by atoms with E-state index in [2.05, 4.69) is 15.6 Å². The Balaban J connectivity index is 1.69. The van der Waals surface area contributed by atoms with E-state index in [9.17, 15) is 14.0 Å².